The van der Waals surface area contributed by atoms with Crippen LogP contribution in [0.1, 0.15) is 0 Å². The van der Waals surface area contributed by atoms with E-state index in [2.05, 4.69) is 10.0 Å². The van der Waals surface area contributed by atoms with Crippen molar-refractivity contribution in [3.05, 3.63) is 72.8 Å². The van der Waals surface area contributed by atoms with E-state index < -0.39 is 0 Å². The number of hydrogen-bond acceptors (Lipinski definition) is 2. The number of benzene rings is 3. The molecule has 0 bridgehead atoms. The van der Waals surface area contributed by atoms with E-state index in [1.165, 1.54) is 11.9 Å². The minimum atomic E-state index is -0.236. The lowest BCUT2D eigenvalue weighted by Crippen LogP contribution is -2.22. The van der Waals surface area contributed by atoms with Gasteiger partial charge in [0, 0.05) is 10.3 Å². The molecule has 0 saturated heterocycles. The molecule has 0 saturated carbocycles. The monoisotopic (exact) mass is 294 g/mol. The number of anilines is 1. The number of amides is 2. The predicted octanol–water partition coefficient (Wildman–Crippen LogP) is 4.67. The molecular formula is C17H14N2OS. The summed E-state index contributed by atoms with van der Waals surface area (Å²) in [5, 5.41) is 5.01. The Bertz CT molecular complexity index is 754. The molecule has 3 aromatic rings. The molecule has 3 aromatic carbocycles. The molecule has 0 aromatic heterocycles. The third kappa shape index (κ3) is 3.35. The summed E-state index contributed by atoms with van der Waals surface area (Å²) in [6, 6.07) is 23.3. The van der Waals surface area contributed by atoms with Crippen LogP contribution < -0.4 is 10.0 Å². The van der Waals surface area contributed by atoms with Crippen LogP contribution in [0.4, 0.5) is 10.5 Å². The van der Waals surface area contributed by atoms with Gasteiger partial charge in [0.05, 0.1) is 5.69 Å². The molecule has 2 amide bonds. The Morgan fingerprint density at radius 1 is 0.810 bits per heavy atom. The van der Waals surface area contributed by atoms with Crippen LogP contribution in [-0.2, 0) is 0 Å². The number of carbonyl (C=O) groups excluding carboxylic acids is 1. The van der Waals surface area contributed by atoms with Crippen molar-refractivity contribution in [2.45, 2.75) is 4.90 Å². The van der Waals surface area contributed by atoms with E-state index in [-0.39, 0.29) is 6.03 Å². The largest absolute Gasteiger partial charge is 0.329 e. The molecule has 2 N–H and O–H groups in total. The van der Waals surface area contributed by atoms with Crippen LogP contribution in [0.2, 0.25) is 0 Å². The first-order chi connectivity index (χ1) is 10.3. The van der Waals surface area contributed by atoms with Gasteiger partial charge in [-0.25, -0.2) is 4.79 Å². The molecule has 0 heterocycles. The summed E-state index contributed by atoms with van der Waals surface area (Å²) in [5.41, 5.74) is 0.805. The molecule has 4 heteroatoms. The second-order valence-electron chi connectivity index (χ2n) is 4.50. The summed E-state index contributed by atoms with van der Waals surface area (Å²) >= 11 is 1.29. The van der Waals surface area contributed by atoms with Crippen molar-refractivity contribution in [3.8, 4) is 0 Å². The second-order valence-corrected chi connectivity index (χ2v) is 5.38. The molecule has 21 heavy (non-hydrogen) atoms. The van der Waals surface area contributed by atoms with Gasteiger partial charge in [-0.1, -0.05) is 54.6 Å². The van der Waals surface area contributed by atoms with Gasteiger partial charge < -0.3 is 5.32 Å². The van der Waals surface area contributed by atoms with E-state index in [1.54, 1.807) is 0 Å². The molecule has 0 aliphatic carbocycles. The van der Waals surface area contributed by atoms with E-state index in [0.29, 0.717) is 0 Å². The summed E-state index contributed by atoms with van der Waals surface area (Å²) in [5.74, 6) is 0. The van der Waals surface area contributed by atoms with Gasteiger partial charge in [0.15, 0.2) is 0 Å². The topological polar surface area (TPSA) is 41.1 Å². The fourth-order valence-electron chi connectivity index (χ4n) is 2.08. The Hall–Kier alpha value is -2.46. The van der Waals surface area contributed by atoms with Gasteiger partial charge in [0.25, 0.3) is 0 Å². The molecular weight excluding hydrogens is 280 g/mol. The minimum absolute atomic E-state index is 0.236. The van der Waals surface area contributed by atoms with E-state index in [9.17, 15) is 4.79 Å². The van der Waals surface area contributed by atoms with Gasteiger partial charge in [-0.2, -0.15) is 0 Å². The number of carbonyl (C=O) groups is 1. The average molecular weight is 294 g/mol. The second kappa shape index (κ2) is 6.33. The number of rotatable bonds is 3. The van der Waals surface area contributed by atoms with Crippen LogP contribution >= 0.6 is 11.9 Å². The number of nitrogens with one attached hydrogen (secondary N) is 2. The maximum Gasteiger partial charge on any atom is 0.329 e. The molecule has 0 aliphatic heterocycles. The van der Waals surface area contributed by atoms with Crippen LogP contribution in [0.25, 0.3) is 10.8 Å². The summed E-state index contributed by atoms with van der Waals surface area (Å²) < 4.78 is 2.78. The SMILES string of the molecule is O=C(NSc1ccccc1)Nc1cccc2ccccc12. The molecule has 0 radical (unpaired) electrons. The summed E-state index contributed by atoms with van der Waals surface area (Å²) in [6.45, 7) is 0. The first-order valence-corrected chi connectivity index (χ1v) is 7.41. The van der Waals surface area contributed by atoms with Gasteiger partial charge in [0.2, 0.25) is 0 Å². The zero-order valence-corrected chi connectivity index (χ0v) is 12.1. The predicted molar refractivity (Wildman–Crippen MR) is 88.4 cm³/mol. The van der Waals surface area contributed by atoms with Crippen molar-refractivity contribution in [1.82, 2.24) is 4.72 Å². The highest BCUT2D eigenvalue weighted by atomic mass is 32.2. The van der Waals surface area contributed by atoms with Crippen LogP contribution in [-0.4, -0.2) is 6.03 Å². The lowest BCUT2D eigenvalue weighted by molar-refractivity contribution is 0.257. The smallest absolute Gasteiger partial charge is 0.307 e. The zero-order chi connectivity index (χ0) is 14.5. The molecule has 0 unspecified atom stereocenters. The minimum Gasteiger partial charge on any atom is -0.307 e. The van der Waals surface area contributed by atoms with Crippen molar-refractivity contribution in [3.63, 3.8) is 0 Å². The summed E-state index contributed by atoms with van der Waals surface area (Å²) in [4.78, 5) is 13.0. The van der Waals surface area contributed by atoms with Crippen molar-refractivity contribution in [2.75, 3.05) is 5.32 Å². The normalized spacial score (nSPS) is 10.3. The fourth-order valence-corrected chi connectivity index (χ4v) is 2.63. The third-order valence-corrected chi connectivity index (χ3v) is 3.84. The Morgan fingerprint density at radius 3 is 2.38 bits per heavy atom. The van der Waals surface area contributed by atoms with E-state index >= 15 is 0 Å². The average Bonchev–Trinajstić information content (AvgIpc) is 2.54. The van der Waals surface area contributed by atoms with Gasteiger partial charge in [-0.3, -0.25) is 4.72 Å². The zero-order valence-electron chi connectivity index (χ0n) is 11.2. The highest BCUT2D eigenvalue weighted by Crippen LogP contribution is 2.23. The van der Waals surface area contributed by atoms with Crippen LogP contribution in [0.5, 0.6) is 0 Å². The molecule has 0 aliphatic rings. The van der Waals surface area contributed by atoms with Gasteiger partial charge >= 0.3 is 6.03 Å². The van der Waals surface area contributed by atoms with E-state index in [4.69, 9.17) is 0 Å². The van der Waals surface area contributed by atoms with Crippen LogP contribution in [0.3, 0.4) is 0 Å². The number of hydrogen-bond donors (Lipinski definition) is 2. The molecule has 0 spiro atoms. The molecule has 0 atom stereocenters. The quantitative estimate of drug-likeness (QED) is 0.689. The highest BCUT2D eigenvalue weighted by Gasteiger charge is 2.05. The Balaban J connectivity index is 1.69. The van der Waals surface area contributed by atoms with Gasteiger partial charge in [-0.05, 0) is 35.5 Å². The lowest BCUT2D eigenvalue weighted by atomic mass is 10.1. The third-order valence-electron chi connectivity index (χ3n) is 3.04. The van der Waals surface area contributed by atoms with Crippen LogP contribution in [0.15, 0.2) is 77.7 Å². The molecule has 0 fully saturated rings. The van der Waals surface area contributed by atoms with Crippen molar-refractivity contribution >= 4 is 34.4 Å². The van der Waals surface area contributed by atoms with Crippen LogP contribution in [0, 0.1) is 0 Å². The van der Waals surface area contributed by atoms with E-state index in [1.807, 2.05) is 72.8 Å². The van der Waals surface area contributed by atoms with E-state index in [0.717, 1.165) is 21.4 Å². The van der Waals surface area contributed by atoms with Crippen molar-refractivity contribution in [2.24, 2.45) is 0 Å². The maximum absolute atomic E-state index is 12.0. The molecule has 104 valence electrons. The standard InChI is InChI=1S/C17H14N2OS/c20-17(19-21-14-9-2-1-3-10-14)18-16-12-6-8-13-7-4-5-11-15(13)16/h1-12H,(H2,18,19,20). The summed E-state index contributed by atoms with van der Waals surface area (Å²) in [7, 11) is 0. The Labute approximate surface area is 127 Å². The highest BCUT2D eigenvalue weighted by molar-refractivity contribution is 7.98. The first kappa shape index (κ1) is 13.5. The summed E-state index contributed by atoms with van der Waals surface area (Å²) in [6.07, 6.45) is 0. The number of fused-ring (bicyclic) bond motifs is 1. The Morgan fingerprint density at radius 2 is 1.52 bits per heavy atom. The maximum atomic E-state index is 12.0. The van der Waals surface area contributed by atoms with Gasteiger partial charge in [-0.15, -0.1) is 0 Å². The van der Waals surface area contributed by atoms with Crippen molar-refractivity contribution in [1.29, 1.82) is 0 Å². The molecule has 3 nitrogen and oxygen atoms in total. The lowest BCUT2D eigenvalue weighted by Gasteiger charge is -2.09. The first-order valence-electron chi connectivity index (χ1n) is 6.59. The fraction of sp³-hybridized carbons (Fsp3) is 0. The number of urea groups is 1. The Kier molecular flexibility index (Phi) is 4.07. The molecule has 3 rings (SSSR count). The van der Waals surface area contributed by atoms with Crippen molar-refractivity contribution < 1.29 is 4.79 Å². The van der Waals surface area contributed by atoms with Gasteiger partial charge in [0.1, 0.15) is 0 Å².